The van der Waals surface area contributed by atoms with E-state index in [9.17, 15) is 8.42 Å². The smallest absolute Gasteiger partial charge is 0.238 e. The van der Waals surface area contributed by atoms with Crippen LogP contribution in [0, 0.1) is 11.3 Å². The highest BCUT2D eigenvalue weighted by Crippen LogP contribution is 2.21. The standard InChI is InChI=1S/C14H14N4O2S/c1-10(18-13-6-5-12(8-15)17-9-13)11-3-2-4-14(7-11)21(16,19)20/h2-7,9-10,18H,1H3,(H2,16,19,20). The zero-order valence-corrected chi connectivity index (χ0v) is 12.1. The Morgan fingerprint density at radius 3 is 2.67 bits per heavy atom. The lowest BCUT2D eigenvalue weighted by Gasteiger charge is -2.16. The first-order valence-electron chi connectivity index (χ1n) is 6.15. The molecule has 0 radical (unpaired) electrons. The fourth-order valence-electron chi connectivity index (χ4n) is 1.84. The molecule has 108 valence electrons. The SMILES string of the molecule is CC(Nc1ccc(C#N)nc1)c1cccc(S(N)(=O)=O)c1. The van der Waals surface area contributed by atoms with Crippen molar-refractivity contribution in [1.82, 2.24) is 4.98 Å². The summed E-state index contributed by atoms with van der Waals surface area (Å²) >= 11 is 0. The van der Waals surface area contributed by atoms with Gasteiger partial charge in [-0.15, -0.1) is 0 Å². The molecule has 0 saturated heterocycles. The minimum atomic E-state index is -3.72. The molecular weight excluding hydrogens is 288 g/mol. The summed E-state index contributed by atoms with van der Waals surface area (Å²) in [5.74, 6) is 0. The number of nitriles is 1. The van der Waals surface area contributed by atoms with Crippen LogP contribution in [0.4, 0.5) is 5.69 Å². The van der Waals surface area contributed by atoms with Crippen LogP contribution in [0.3, 0.4) is 0 Å². The normalized spacial score (nSPS) is 12.4. The van der Waals surface area contributed by atoms with Crippen molar-refractivity contribution in [2.75, 3.05) is 5.32 Å². The van der Waals surface area contributed by atoms with Gasteiger partial charge >= 0.3 is 0 Å². The number of nitrogens with two attached hydrogens (primary N) is 1. The average molecular weight is 302 g/mol. The van der Waals surface area contributed by atoms with Crippen LogP contribution in [0.2, 0.25) is 0 Å². The number of sulfonamides is 1. The van der Waals surface area contributed by atoms with Crippen molar-refractivity contribution >= 4 is 15.7 Å². The molecule has 1 atom stereocenters. The molecule has 21 heavy (non-hydrogen) atoms. The first kappa shape index (κ1) is 15.0. The van der Waals surface area contributed by atoms with E-state index in [2.05, 4.69) is 10.3 Å². The quantitative estimate of drug-likeness (QED) is 0.894. The molecule has 0 saturated carbocycles. The Morgan fingerprint density at radius 1 is 1.33 bits per heavy atom. The topological polar surface area (TPSA) is 109 Å². The van der Waals surface area contributed by atoms with Crippen LogP contribution in [-0.4, -0.2) is 13.4 Å². The molecule has 0 aliphatic heterocycles. The molecule has 0 bridgehead atoms. The summed E-state index contributed by atoms with van der Waals surface area (Å²) in [6.07, 6.45) is 1.55. The Hall–Kier alpha value is -2.43. The first-order valence-corrected chi connectivity index (χ1v) is 7.70. The van der Waals surface area contributed by atoms with Crippen LogP contribution in [0.25, 0.3) is 0 Å². The number of nitrogens with one attached hydrogen (secondary N) is 1. The number of rotatable bonds is 4. The van der Waals surface area contributed by atoms with E-state index >= 15 is 0 Å². The Balaban J connectivity index is 2.20. The van der Waals surface area contributed by atoms with Crippen molar-refractivity contribution in [3.05, 3.63) is 53.9 Å². The summed E-state index contributed by atoms with van der Waals surface area (Å²) in [5, 5.41) is 17.0. The zero-order chi connectivity index (χ0) is 15.5. The second kappa shape index (κ2) is 5.91. The molecule has 7 heteroatoms. The second-order valence-corrected chi connectivity index (χ2v) is 6.09. The van der Waals surface area contributed by atoms with E-state index in [0.29, 0.717) is 5.69 Å². The highest BCUT2D eigenvalue weighted by Gasteiger charge is 2.11. The van der Waals surface area contributed by atoms with E-state index < -0.39 is 10.0 Å². The first-order chi connectivity index (χ1) is 9.90. The van der Waals surface area contributed by atoms with Gasteiger partial charge in [-0.25, -0.2) is 18.5 Å². The van der Waals surface area contributed by atoms with E-state index in [1.165, 1.54) is 12.1 Å². The number of pyridine rings is 1. The van der Waals surface area contributed by atoms with Gasteiger partial charge in [0.1, 0.15) is 11.8 Å². The Morgan fingerprint density at radius 2 is 2.10 bits per heavy atom. The monoisotopic (exact) mass is 302 g/mol. The van der Waals surface area contributed by atoms with Gasteiger partial charge in [-0.1, -0.05) is 12.1 Å². The van der Waals surface area contributed by atoms with E-state index in [0.717, 1.165) is 11.3 Å². The van der Waals surface area contributed by atoms with Crippen molar-refractivity contribution in [3.8, 4) is 6.07 Å². The summed E-state index contributed by atoms with van der Waals surface area (Å²) in [4.78, 5) is 4.04. The maximum absolute atomic E-state index is 11.4. The van der Waals surface area contributed by atoms with Gasteiger partial charge in [-0.2, -0.15) is 5.26 Å². The van der Waals surface area contributed by atoms with Crippen LogP contribution in [0.1, 0.15) is 24.2 Å². The predicted molar refractivity (Wildman–Crippen MR) is 78.8 cm³/mol. The largest absolute Gasteiger partial charge is 0.377 e. The highest BCUT2D eigenvalue weighted by atomic mass is 32.2. The zero-order valence-electron chi connectivity index (χ0n) is 11.3. The number of nitrogens with zero attached hydrogens (tertiary/aromatic N) is 2. The molecule has 0 aliphatic carbocycles. The third kappa shape index (κ3) is 3.78. The molecule has 3 N–H and O–H groups in total. The van der Waals surface area contributed by atoms with Gasteiger partial charge < -0.3 is 5.32 Å². The van der Waals surface area contributed by atoms with E-state index in [1.54, 1.807) is 24.4 Å². The Kier molecular flexibility index (Phi) is 4.21. The third-order valence-corrected chi connectivity index (χ3v) is 3.86. The van der Waals surface area contributed by atoms with E-state index in [4.69, 9.17) is 10.4 Å². The van der Waals surface area contributed by atoms with Crippen LogP contribution in [0.5, 0.6) is 0 Å². The number of benzene rings is 1. The Labute approximate surface area is 123 Å². The third-order valence-electron chi connectivity index (χ3n) is 2.95. The highest BCUT2D eigenvalue weighted by molar-refractivity contribution is 7.89. The predicted octanol–water partition coefficient (Wildman–Crippen LogP) is 1.77. The van der Waals surface area contributed by atoms with E-state index in [1.807, 2.05) is 19.1 Å². The minimum Gasteiger partial charge on any atom is -0.377 e. The van der Waals surface area contributed by atoms with Crippen molar-refractivity contribution < 1.29 is 8.42 Å². The lowest BCUT2D eigenvalue weighted by atomic mass is 10.1. The van der Waals surface area contributed by atoms with Gasteiger partial charge in [-0.3, -0.25) is 0 Å². The molecule has 1 aromatic carbocycles. The fraction of sp³-hybridized carbons (Fsp3) is 0.143. The molecule has 1 heterocycles. The number of hydrogen-bond acceptors (Lipinski definition) is 5. The molecule has 0 aliphatic rings. The number of anilines is 1. The van der Waals surface area contributed by atoms with Crippen LogP contribution in [0.15, 0.2) is 47.5 Å². The Bertz CT molecular complexity index is 779. The fourth-order valence-corrected chi connectivity index (χ4v) is 2.41. The number of primary sulfonamides is 1. The molecule has 1 aromatic heterocycles. The van der Waals surface area contributed by atoms with Crippen molar-refractivity contribution in [1.29, 1.82) is 5.26 Å². The molecule has 2 rings (SSSR count). The van der Waals surface area contributed by atoms with Gasteiger partial charge in [0.15, 0.2) is 0 Å². The molecule has 6 nitrogen and oxygen atoms in total. The van der Waals surface area contributed by atoms with Gasteiger partial charge in [0.05, 0.1) is 16.8 Å². The van der Waals surface area contributed by atoms with Crippen LogP contribution < -0.4 is 10.5 Å². The molecule has 0 spiro atoms. The van der Waals surface area contributed by atoms with Gasteiger partial charge in [0.25, 0.3) is 0 Å². The van der Waals surface area contributed by atoms with Crippen LogP contribution >= 0.6 is 0 Å². The summed E-state index contributed by atoms with van der Waals surface area (Å²) in [7, 11) is -3.72. The maximum Gasteiger partial charge on any atom is 0.238 e. The van der Waals surface area contributed by atoms with Gasteiger partial charge in [-0.05, 0) is 36.8 Å². The molecule has 1 unspecified atom stereocenters. The molecule has 2 aromatic rings. The molecule has 0 fully saturated rings. The molecular formula is C14H14N4O2S. The van der Waals surface area contributed by atoms with Crippen molar-refractivity contribution in [3.63, 3.8) is 0 Å². The lowest BCUT2D eigenvalue weighted by molar-refractivity contribution is 0.597. The molecule has 0 amide bonds. The van der Waals surface area contributed by atoms with Crippen LogP contribution in [-0.2, 0) is 10.0 Å². The van der Waals surface area contributed by atoms with Crippen molar-refractivity contribution in [2.24, 2.45) is 5.14 Å². The minimum absolute atomic E-state index is 0.0756. The van der Waals surface area contributed by atoms with E-state index in [-0.39, 0.29) is 10.9 Å². The summed E-state index contributed by atoms with van der Waals surface area (Å²) in [5.41, 5.74) is 1.86. The average Bonchev–Trinajstić information content (AvgIpc) is 2.47. The number of hydrogen-bond donors (Lipinski definition) is 2. The van der Waals surface area contributed by atoms with Gasteiger partial charge in [0, 0.05) is 6.04 Å². The summed E-state index contributed by atoms with van der Waals surface area (Å²) in [6, 6.07) is 11.6. The second-order valence-electron chi connectivity index (χ2n) is 4.53. The maximum atomic E-state index is 11.4. The summed E-state index contributed by atoms with van der Waals surface area (Å²) in [6.45, 7) is 1.89. The van der Waals surface area contributed by atoms with Crippen molar-refractivity contribution in [2.45, 2.75) is 17.9 Å². The number of aromatic nitrogens is 1. The lowest BCUT2D eigenvalue weighted by Crippen LogP contribution is -2.13. The van der Waals surface area contributed by atoms with Gasteiger partial charge in [0.2, 0.25) is 10.0 Å². The summed E-state index contributed by atoms with van der Waals surface area (Å²) < 4.78 is 22.7.